The van der Waals surface area contributed by atoms with E-state index in [1.54, 1.807) is 7.11 Å². The molecule has 1 aliphatic carbocycles. The van der Waals surface area contributed by atoms with Gasteiger partial charge in [0.2, 0.25) is 0 Å². The lowest BCUT2D eigenvalue weighted by Crippen LogP contribution is -2.59. The number of rotatable bonds is 9. The first-order valence-corrected chi connectivity index (χ1v) is 7.59. The number of methoxy groups -OCH3 is 1. The molecule has 0 spiro atoms. The number of unbranched alkanes of at least 4 members (excludes halogenated alkanes) is 1. The number of thioether (sulfide) groups is 1. The van der Waals surface area contributed by atoms with Crippen LogP contribution in [0, 0.1) is 0 Å². The third-order valence-electron chi connectivity index (χ3n) is 3.08. The molecule has 96 valence electrons. The zero-order valence-corrected chi connectivity index (χ0v) is 11.5. The minimum absolute atomic E-state index is 0.250. The lowest BCUT2D eigenvalue weighted by atomic mass is 9.85. The van der Waals surface area contributed by atoms with E-state index >= 15 is 0 Å². The Morgan fingerprint density at radius 3 is 2.81 bits per heavy atom. The summed E-state index contributed by atoms with van der Waals surface area (Å²) in [6.45, 7) is 3.92. The highest BCUT2D eigenvalue weighted by atomic mass is 32.2. The molecule has 1 fully saturated rings. The minimum Gasteiger partial charge on any atom is -0.377 e. The average molecular weight is 247 g/mol. The first kappa shape index (κ1) is 14.3. The highest BCUT2D eigenvalue weighted by molar-refractivity contribution is 7.98. The predicted molar refractivity (Wildman–Crippen MR) is 70.2 cm³/mol. The van der Waals surface area contributed by atoms with Crippen LogP contribution >= 0.6 is 11.8 Å². The zero-order valence-electron chi connectivity index (χ0n) is 10.7. The van der Waals surface area contributed by atoms with Gasteiger partial charge in [-0.25, -0.2) is 0 Å². The van der Waals surface area contributed by atoms with Crippen LogP contribution in [0.15, 0.2) is 0 Å². The minimum atomic E-state index is 0.250. The maximum atomic E-state index is 5.59. The van der Waals surface area contributed by atoms with Crippen molar-refractivity contribution in [3.05, 3.63) is 0 Å². The van der Waals surface area contributed by atoms with Gasteiger partial charge >= 0.3 is 0 Å². The van der Waals surface area contributed by atoms with Crippen LogP contribution < -0.4 is 5.32 Å². The summed E-state index contributed by atoms with van der Waals surface area (Å²) >= 11 is 1.92. The normalized spacial score (nSPS) is 29.1. The molecule has 0 aromatic carbocycles. The van der Waals surface area contributed by atoms with Crippen molar-refractivity contribution in [1.29, 1.82) is 0 Å². The van der Waals surface area contributed by atoms with E-state index < -0.39 is 0 Å². The second-order valence-corrected chi connectivity index (χ2v) is 5.18. The van der Waals surface area contributed by atoms with Gasteiger partial charge in [0.15, 0.2) is 0 Å². The quantitative estimate of drug-likeness (QED) is 0.631. The summed E-state index contributed by atoms with van der Waals surface area (Å²) in [7, 11) is 1.78. The van der Waals surface area contributed by atoms with Gasteiger partial charge in [0.25, 0.3) is 0 Å². The number of hydrogen-bond donors (Lipinski definition) is 1. The predicted octanol–water partition coefficient (Wildman–Crippen LogP) is 1.91. The Kier molecular flexibility index (Phi) is 7.45. The van der Waals surface area contributed by atoms with Gasteiger partial charge in [-0.15, -0.1) is 0 Å². The van der Waals surface area contributed by atoms with Crippen molar-refractivity contribution in [2.45, 2.75) is 44.4 Å². The van der Waals surface area contributed by atoms with Crippen LogP contribution in [0.3, 0.4) is 0 Å². The fourth-order valence-electron chi connectivity index (χ4n) is 2.13. The van der Waals surface area contributed by atoms with E-state index in [1.807, 2.05) is 18.7 Å². The Balaban J connectivity index is 2.05. The van der Waals surface area contributed by atoms with Crippen molar-refractivity contribution < 1.29 is 9.47 Å². The summed E-state index contributed by atoms with van der Waals surface area (Å²) < 4.78 is 11.0. The standard InChI is InChI=1S/C12H25NO2S/c1-4-15-11-9-10(12(11)14-2)13-7-5-6-8-16-3/h10-13H,4-9H2,1-3H3. The van der Waals surface area contributed by atoms with Crippen LogP contribution in [0.1, 0.15) is 26.2 Å². The largest absolute Gasteiger partial charge is 0.377 e. The van der Waals surface area contributed by atoms with Crippen LogP contribution in [0.5, 0.6) is 0 Å². The van der Waals surface area contributed by atoms with E-state index in [4.69, 9.17) is 9.47 Å². The van der Waals surface area contributed by atoms with Crippen molar-refractivity contribution in [3.8, 4) is 0 Å². The summed E-state index contributed by atoms with van der Waals surface area (Å²) in [5.74, 6) is 1.27. The summed E-state index contributed by atoms with van der Waals surface area (Å²) in [6, 6.07) is 0.496. The van der Waals surface area contributed by atoms with Crippen molar-refractivity contribution in [2.75, 3.05) is 32.3 Å². The Morgan fingerprint density at radius 1 is 1.38 bits per heavy atom. The van der Waals surface area contributed by atoms with E-state index in [1.165, 1.54) is 18.6 Å². The molecule has 1 rings (SSSR count). The molecule has 0 heterocycles. The first-order valence-electron chi connectivity index (χ1n) is 6.20. The molecule has 0 radical (unpaired) electrons. The molecule has 4 heteroatoms. The lowest BCUT2D eigenvalue weighted by Gasteiger charge is -2.43. The van der Waals surface area contributed by atoms with Gasteiger partial charge < -0.3 is 14.8 Å². The number of hydrogen-bond acceptors (Lipinski definition) is 4. The monoisotopic (exact) mass is 247 g/mol. The molecule has 0 amide bonds. The van der Waals surface area contributed by atoms with Crippen LogP contribution in [0.4, 0.5) is 0 Å². The highest BCUT2D eigenvalue weighted by Gasteiger charge is 2.41. The van der Waals surface area contributed by atoms with Crippen molar-refractivity contribution in [1.82, 2.24) is 5.32 Å². The third-order valence-corrected chi connectivity index (χ3v) is 3.78. The van der Waals surface area contributed by atoms with Gasteiger partial charge in [-0.2, -0.15) is 11.8 Å². The molecule has 3 atom stereocenters. The average Bonchev–Trinajstić information content (AvgIpc) is 2.26. The second-order valence-electron chi connectivity index (χ2n) is 4.19. The molecular weight excluding hydrogens is 222 g/mol. The highest BCUT2D eigenvalue weighted by Crippen LogP contribution is 2.26. The molecule has 1 saturated carbocycles. The second kappa shape index (κ2) is 8.34. The Labute approximate surface area is 104 Å². The molecule has 0 saturated heterocycles. The molecular formula is C12H25NO2S. The van der Waals surface area contributed by atoms with Gasteiger partial charge in [0, 0.05) is 19.8 Å². The van der Waals surface area contributed by atoms with Crippen molar-refractivity contribution >= 4 is 11.8 Å². The topological polar surface area (TPSA) is 30.5 Å². The molecule has 3 unspecified atom stereocenters. The van der Waals surface area contributed by atoms with Crippen LogP contribution in [-0.2, 0) is 9.47 Å². The number of ether oxygens (including phenoxy) is 2. The molecule has 1 aliphatic rings. The lowest BCUT2D eigenvalue weighted by molar-refractivity contribution is -0.131. The van der Waals surface area contributed by atoms with E-state index in [0.717, 1.165) is 19.6 Å². The Hall–Kier alpha value is 0.230. The Morgan fingerprint density at radius 2 is 2.19 bits per heavy atom. The van der Waals surface area contributed by atoms with Crippen LogP contribution in [0.25, 0.3) is 0 Å². The van der Waals surface area contributed by atoms with Gasteiger partial charge in [0.05, 0.1) is 12.2 Å². The summed E-state index contributed by atoms with van der Waals surface area (Å²) in [5.41, 5.74) is 0. The molecule has 0 aliphatic heterocycles. The van der Waals surface area contributed by atoms with E-state index in [9.17, 15) is 0 Å². The fourth-order valence-corrected chi connectivity index (χ4v) is 2.63. The van der Waals surface area contributed by atoms with Gasteiger partial charge in [-0.1, -0.05) is 0 Å². The van der Waals surface area contributed by atoms with Crippen LogP contribution in [0.2, 0.25) is 0 Å². The van der Waals surface area contributed by atoms with Gasteiger partial charge in [-0.05, 0) is 44.7 Å². The van der Waals surface area contributed by atoms with Gasteiger partial charge in [-0.3, -0.25) is 0 Å². The number of nitrogens with one attached hydrogen (secondary N) is 1. The molecule has 16 heavy (non-hydrogen) atoms. The van der Waals surface area contributed by atoms with Crippen molar-refractivity contribution in [3.63, 3.8) is 0 Å². The molecule has 1 N–H and O–H groups in total. The molecule has 0 aromatic heterocycles. The Bertz CT molecular complexity index is 180. The SMILES string of the molecule is CCOC1CC(NCCCCSC)C1OC. The molecule has 3 nitrogen and oxygen atoms in total. The smallest absolute Gasteiger partial charge is 0.0986 e. The summed E-state index contributed by atoms with van der Waals surface area (Å²) in [6.07, 6.45) is 6.36. The zero-order chi connectivity index (χ0) is 11.8. The third kappa shape index (κ3) is 4.24. The van der Waals surface area contributed by atoms with E-state index in [-0.39, 0.29) is 6.10 Å². The van der Waals surface area contributed by atoms with Crippen LogP contribution in [-0.4, -0.2) is 50.5 Å². The van der Waals surface area contributed by atoms with E-state index in [0.29, 0.717) is 12.1 Å². The van der Waals surface area contributed by atoms with Crippen molar-refractivity contribution in [2.24, 2.45) is 0 Å². The summed E-state index contributed by atoms with van der Waals surface area (Å²) in [4.78, 5) is 0. The fraction of sp³-hybridized carbons (Fsp3) is 1.00. The van der Waals surface area contributed by atoms with Gasteiger partial charge in [0.1, 0.15) is 0 Å². The molecule has 0 bridgehead atoms. The summed E-state index contributed by atoms with van der Waals surface area (Å²) in [5, 5.41) is 3.55. The first-order chi connectivity index (χ1) is 7.83. The molecule has 0 aromatic rings. The van der Waals surface area contributed by atoms with E-state index in [2.05, 4.69) is 11.6 Å². The maximum absolute atomic E-state index is 5.59. The maximum Gasteiger partial charge on any atom is 0.0986 e.